The number of benzene rings is 2. The summed E-state index contributed by atoms with van der Waals surface area (Å²) in [5.74, 6) is -1.39. The molecule has 0 spiro atoms. The predicted molar refractivity (Wildman–Crippen MR) is 111 cm³/mol. The quantitative estimate of drug-likeness (QED) is 0.764. The summed E-state index contributed by atoms with van der Waals surface area (Å²) in [4.78, 5) is 53.8. The molecule has 0 aromatic heterocycles. The van der Waals surface area contributed by atoms with E-state index in [1.807, 2.05) is 6.07 Å². The van der Waals surface area contributed by atoms with Crippen molar-refractivity contribution < 1.29 is 19.2 Å². The molecule has 1 atom stereocenters. The Morgan fingerprint density at radius 3 is 2.27 bits per heavy atom. The van der Waals surface area contributed by atoms with E-state index in [2.05, 4.69) is 10.6 Å². The summed E-state index contributed by atoms with van der Waals surface area (Å²) < 4.78 is 0. The maximum atomic E-state index is 13.3. The van der Waals surface area contributed by atoms with E-state index in [0.717, 1.165) is 4.90 Å². The number of hydrogen-bond donors (Lipinski definition) is 2. The van der Waals surface area contributed by atoms with Crippen LogP contribution in [0.3, 0.4) is 0 Å². The lowest BCUT2D eigenvalue weighted by atomic mass is 9.92. The molecule has 2 aromatic carbocycles. The van der Waals surface area contributed by atoms with Crippen molar-refractivity contribution in [2.75, 3.05) is 16.8 Å². The fourth-order valence-corrected chi connectivity index (χ4v) is 3.91. The van der Waals surface area contributed by atoms with Crippen LogP contribution in [-0.4, -0.2) is 40.7 Å². The maximum Gasteiger partial charge on any atom is 0.325 e. The third-order valence-electron chi connectivity index (χ3n) is 5.68. The first-order chi connectivity index (χ1) is 14.2. The summed E-state index contributed by atoms with van der Waals surface area (Å²) in [7, 11) is 0. The molecule has 0 unspecified atom stereocenters. The fraction of sp³-hybridized carbons (Fsp3) is 0.273. The number of anilines is 2. The van der Waals surface area contributed by atoms with Crippen LogP contribution in [0, 0.1) is 0 Å². The minimum absolute atomic E-state index is 0.346. The molecule has 4 rings (SSSR count). The van der Waals surface area contributed by atoms with E-state index in [4.69, 9.17) is 0 Å². The molecular formula is C22H22N4O4. The predicted octanol–water partition coefficient (Wildman–Crippen LogP) is 2.22. The molecule has 154 valence electrons. The molecule has 1 fully saturated rings. The molecule has 0 bridgehead atoms. The molecule has 0 saturated carbocycles. The van der Waals surface area contributed by atoms with Crippen molar-refractivity contribution >= 4 is 35.1 Å². The molecule has 2 heterocycles. The van der Waals surface area contributed by atoms with Gasteiger partial charge in [-0.05, 0) is 38.5 Å². The van der Waals surface area contributed by atoms with Crippen LogP contribution < -0.4 is 15.5 Å². The van der Waals surface area contributed by atoms with Crippen molar-refractivity contribution in [1.82, 2.24) is 10.2 Å². The van der Waals surface area contributed by atoms with E-state index >= 15 is 0 Å². The van der Waals surface area contributed by atoms with Crippen molar-refractivity contribution in [2.45, 2.75) is 31.8 Å². The first kappa shape index (κ1) is 19.6. The van der Waals surface area contributed by atoms with Gasteiger partial charge in [0.05, 0.1) is 11.4 Å². The SMILES string of the molecule is CC1(C)C(=O)Nc2ccccc2N1C(=O)CN1C(=O)N[C@@](C)(c2ccccc2)C1=O. The number of amides is 5. The summed E-state index contributed by atoms with van der Waals surface area (Å²) >= 11 is 0. The summed E-state index contributed by atoms with van der Waals surface area (Å²) in [6.07, 6.45) is 0. The highest BCUT2D eigenvalue weighted by molar-refractivity contribution is 6.16. The minimum atomic E-state index is -1.26. The van der Waals surface area contributed by atoms with Gasteiger partial charge in [0.1, 0.15) is 17.6 Å². The first-order valence-electron chi connectivity index (χ1n) is 9.59. The van der Waals surface area contributed by atoms with Crippen molar-refractivity contribution in [1.29, 1.82) is 0 Å². The highest BCUT2D eigenvalue weighted by atomic mass is 16.2. The Morgan fingerprint density at radius 1 is 0.933 bits per heavy atom. The minimum Gasteiger partial charge on any atom is -0.322 e. The lowest BCUT2D eigenvalue weighted by Gasteiger charge is -2.42. The van der Waals surface area contributed by atoms with Crippen LogP contribution in [0.15, 0.2) is 54.6 Å². The van der Waals surface area contributed by atoms with Crippen molar-refractivity contribution in [3.63, 3.8) is 0 Å². The lowest BCUT2D eigenvalue weighted by molar-refractivity contribution is -0.134. The number of nitrogens with zero attached hydrogens (tertiary/aromatic N) is 2. The highest BCUT2D eigenvalue weighted by Crippen LogP contribution is 2.37. The first-order valence-corrected chi connectivity index (χ1v) is 9.59. The van der Waals surface area contributed by atoms with Crippen LogP contribution in [0.1, 0.15) is 26.3 Å². The molecule has 2 N–H and O–H groups in total. The Bertz CT molecular complexity index is 1070. The van der Waals surface area contributed by atoms with Gasteiger partial charge in [-0.2, -0.15) is 0 Å². The molecule has 8 nitrogen and oxygen atoms in total. The summed E-state index contributed by atoms with van der Waals surface area (Å²) in [5, 5.41) is 5.48. The Kier molecular flexibility index (Phi) is 4.38. The normalized spacial score (nSPS) is 22.4. The zero-order valence-electron chi connectivity index (χ0n) is 16.9. The molecule has 0 aliphatic carbocycles. The van der Waals surface area contributed by atoms with E-state index < -0.39 is 35.5 Å². The van der Waals surface area contributed by atoms with Crippen LogP contribution in [0.2, 0.25) is 0 Å². The maximum absolute atomic E-state index is 13.3. The Morgan fingerprint density at radius 2 is 1.57 bits per heavy atom. The molecule has 2 aromatic rings. The Hall–Kier alpha value is -3.68. The molecule has 0 radical (unpaired) electrons. The third-order valence-corrected chi connectivity index (χ3v) is 5.68. The van der Waals surface area contributed by atoms with Crippen molar-refractivity contribution in [2.24, 2.45) is 0 Å². The van der Waals surface area contributed by atoms with Gasteiger partial charge in [-0.25, -0.2) is 4.79 Å². The summed E-state index contributed by atoms with van der Waals surface area (Å²) in [6.45, 7) is 4.38. The van der Waals surface area contributed by atoms with Crippen LogP contribution in [-0.2, 0) is 19.9 Å². The van der Waals surface area contributed by atoms with Gasteiger partial charge in [0.25, 0.3) is 5.91 Å². The van der Waals surface area contributed by atoms with Gasteiger partial charge in [0.15, 0.2) is 0 Å². The van der Waals surface area contributed by atoms with Crippen molar-refractivity contribution in [3.8, 4) is 0 Å². The molecule has 5 amide bonds. The number of carbonyl (C=O) groups is 4. The number of nitrogens with one attached hydrogen (secondary N) is 2. The van der Waals surface area contributed by atoms with Gasteiger partial charge >= 0.3 is 6.03 Å². The number of carbonyl (C=O) groups excluding carboxylic acids is 4. The second-order valence-electron chi connectivity index (χ2n) is 8.07. The van der Waals surface area contributed by atoms with Gasteiger partial charge in [-0.1, -0.05) is 42.5 Å². The number of rotatable bonds is 3. The largest absolute Gasteiger partial charge is 0.325 e. The standard InChI is InChI=1S/C22H22N4O4/c1-21(2)18(28)23-15-11-7-8-12-16(15)26(21)17(27)13-25-19(29)22(3,24-20(25)30)14-9-5-4-6-10-14/h4-12H,13H2,1-3H3,(H,23,28)(H,24,30)/t22-/m0/s1. The van der Waals surface area contributed by atoms with E-state index in [-0.39, 0.29) is 5.91 Å². The van der Waals surface area contributed by atoms with Gasteiger partial charge in [-0.15, -0.1) is 0 Å². The van der Waals surface area contributed by atoms with Crippen LogP contribution in [0.5, 0.6) is 0 Å². The van der Waals surface area contributed by atoms with E-state index in [1.54, 1.807) is 69.3 Å². The number of fused-ring (bicyclic) bond motifs is 1. The van der Waals surface area contributed by atoms with E-state index in [0.29, 0.717) is 16.9 Å². The molecular weight excluding hydrogens is 384 g/mol. The topological polar surface area (TPSA) is 98.8 Å². The monoisotopic (exact) mass is 406 g/mol. The smallest absolute Gasteiger partial charge is 0.322 e. The molecule has 2 aliphatic rings. The van der Waals surface area contributed by atoms with Crippen LogP contribution >= 0.6 is 0 Å². The van der Waals surface area contributed by atoms with Gasteiger partial charge in [-0.3, -0.25) is 24.2 Å². The average Bonchev–Trinajstić information content (AvgIpc) is 2.93. The molecule has 30 heavy (non-hydrogen) atoms. The average molecular weight is 406 g/mol. The fourth-order valence-electron chi connectivity index (χ4n) is 3.91. The van der Waals surface area contributed by atoms with Gasteiger partial charge in [0, 0.05) is 0 Å². The summed E-state index contributed by atoms with van der Waals surface area (Å²) in [5.41, 5.74) is -0.800. The number of para-hydroxylation sites is 2. The Balaban J connectivity index is 1.65. The molecule has 1 saturated heterocycles. The van der Waals surface area contributed by atoms with Crippen LogP contribution in [0.25, 0.3) is 0 Å². The molecule has 2 aliphatic heterocycles. The lowest BCUT2D eigenvalue weighted by Crippen LogP contribution is -2.60. The summed E-state index contributed by atoms with van der Waals surface area (Å²) in [6, 6.07) is 15.1. The Labute approximate surface area is 173 Å². The highest BCUT2D eigenvalue weighted by Gasteiger charge is 2.51. The van der Waals surface area contributed by atoms with Gasteiger partial charge in [0.2, 0.25) is 11.8 Å². The number of hydrogen-bond acceptors (Lipinski definition) is 4. The van der Waals surface area contributed by atoms with E-state index in [9.17, 15) is 19.2 Å². The van der Waals surface area contributed by atoms with Gasteiger partial charge < -0.3 is 10.6 Å². The zero-order chi connectivity index (χ0) is 21.7. The van der Waals surface area contributed by atoms with Crippen molar-refractivity contribution in [3.05, 3.63) is 60.2 Å². The zero-order valence-corrected chi connectivity index (χ0v) is 16.9. The van der Waals surface area contributed by atoms with E-state index in [1.165, 1.54) is 4.90 Å². The number of urea groups is 1. The third kappa shape index (κ3) is 2.83. The van der Waals surface area contributed by atoms with Crippen LogP contribution in [0.4, 0.5) is 16.2 Å². The second-order valence-corrected chi connectivity index (χ2v) is 8.07. The number of imide groups is 1. The second kappa shape index (κ2) is 6.69. The molecule has 8 heteroatoms.